The molecule has 0 spiro atoms. The summed E-state index contributed by atoms with van der Waals surface area (Å²) in [5.41, 5.74) is 3.03. The van der Waals surface area contributed by atoms with Crippen molar-refractivity contribution in [2.45, 2.75) is 33.2 Å². The average Bonchev–Trinajstić information content (AvgIpc) is 3.11. The molecule has 9 nitrogen and oxygen atoms in total. The number of tetrazole rings is 1. The lowest BCUT2D eigenvalue weighted by molar-refractivity contribution is -0.384. The first-order valence-electron chi connectivity index (χ1n) is 8.76. The smallest absolute Gasteiger partial charge is 0.271 e. The van der Waals surface area contributed by atoms with Crippen molar-refractivity contribution < 1.29 is 9.72 Å². The second-order valence-electron chi connectivity index (χ2n) is 6.72. The molecular weight excluding hydrogens is 360 g/mol. The van der Waals surface area contributed by atoms with Crippen molar-refractivity contribution >= 4 is 17.3 Å². The van der Waals surface area contributed by atoms with Gasteiger partial charge in [0.05, 0.1) is 10.6 Å². The van der Waals surface area contributed by atoms with Crippen molar-refractivity contribution in [1.29, 1.82) is 0 Å². The first-order valence-corrected chi connectivity index (χ1v) is 8.76. The molecule has 3 aromatic rings. The van der Waals surface area contributed by atoms with E-state index in [4.69, 9.17) is 0 Å². The molecule has 1 amide bonds. The van der Waals surface area contributed by atoms with Crippen LogP contribution in [0.2, 0.25) is 0 Å². The molecule has 0 atom stereocenters. The molecule has 1 aromatic heterocycles. The van der Waals surface area contributed by atoms with Crippen LogP contribution < -0.4 is 5.32 Å². The molecule has 9 heteroatoms. The number of nitrogens with zero attached hydrogens (tertiary/aromatic N) is 5. The Morgan fingerprint density at radius 3 is 2.57 bits per heavy atom. The van der Waals surface area contributed by atoms with E-state index in [9.17, 15) is 14.9 Å². The van der Waals surface area contributed by atoms with Crippen LogP contribution in [-0.2, 0) is 11.3 Å². The van der Waals surface area contributed by atoms with Crippen LogP contribution in [0.3, 0.4) is 0 Å². The molecule has 0 aliphatic rings. The van der Waals surface area contributed by atoms with Gasteiger partial charge < -0.3 is 5.32 Å². The first-order chi connectivity index (χ1) is 13.3. The summed E-state index contributed by atoms with van der Waals surface area (Å²) in [5.74, 6) is 0.455. The minimum absolute atomic E-state index is 0.0908. The molecule has 1 N–H and O–H groups in total. The van der Waals surface area contributed by atoms with Crippen LogP contribution in [0.25, 0.3) is 11.4 Å². The van der Waals surface area contributed by atoms with Gasteiger partial charge in [-0.25, -0.2) is 0 Å². The third-order valence-corrected chi connectivity index (χ3v) is 4.28. The minimum atomic E-state index is -0.509. The molecule has 0 unspecified atom stereocenters. The monoisotopic (exact) mass is 380 g/mol. The lowest BCUT2D eigenvalue weighted by atomic mass is 10.0. The first kappa shape index (κ1) is 19.2. The van der Waals surface area contributed by atoms with Crippen LogP contribution in [0.5, 0.6) is 0 Å². The van der Waals surface area contributed by atoms with Gasteiger partial charge in [-0.05, 0) is 29.2 Å². The molecule has 0 radical (unpaired) electrons. The Labute approximate surface area is 161 Å². The van der Waals surface area contributed by atoms with Crippen molar-refractivity contribution in [1.82, 2.24) is 20.2 Å². The Morgan fingerprint density at radius 2 is 1.93 bits per heavy atom. The second kappa shape index (κ2) is 7.95. The van der Waals surface area contributed by atoms with Crippen LogP contribution in [0.1, 0.15) is 30.9 Å². The summed E-state index contributed by atoms with van der Waals surface area (Å²) in [6, 6.07) is 12.2. The van der Waals surface area contributed by atoms with E-state index in [1.807, 2.05) is 24.3 Å². The Morgan fingerprint density at radius 1 is 1.21 bits per heavy atom. The number of anilines is 1. The number of carbonyl (C=O) groups excluding carboxylic acids is 1. The molecule has 2 aromatic carbocycles. The van der Waals surface area contributed by atoms with Crippen LogP contribution in [0.4, 0.5) is 11.4 Å². The number of nitro benzene ring substituents is 1. The number of rotatable bonds is 6. The molecule has 0 fully saturated rings. The summed E-state index contributed by atoms with van der Waals surface area (Å²) >= 11 is 0. The molecule has 0 saturated heterocycles. The van der Waals surface area contributed by atoms with Gasteiger partial charge in [-0.3, -0.25) is 14.9 Å². The highest BCUT2D eigenvalue weighted by atomic mass is 16.6. The van der Waals surface area contributed by atoms with E-state index in [1.54, 1.807) is 13.0 Å². The average molecular weight is 380 g/mol. The summed E-state index contributed by atoms with van der Waals surface area (Å²) in [7, 11) is 0. The SMILES string of the molecule is Cc1ccc([N+](=O)[O-])cc1NC(=O)Cn1nnc(-c2ccc(C(C)C)cc2)n1. The van der Waals surface area contributed by atoms with E-state index in [0.29, 0.717) is 17.4 Å². The van der Waals surface area contributed by atoms with Crippen molar-refractivity contribution in [3.8, 4) is 11.4 Å². The predicted molar refractivity (Wildman–Crippen MR) is 104 cm³/mol. The zero-order valence-corrected chi connectivity index (χ0v) is 15.8. The summed E-state index contributed by atoms with van der Waals surface area (Å²) < 4.78 is 0. The van der Waals surface area contributed by atoms with E-state index in [1.165, 1.54) is 22.5 Å². The lowest BCUT2D eigenvalue weighted by Gasteiger charge is -2.07. The van der Waals surface area contributed by atoms with E-state index in [-0.39, 0.29) is 12.2 Å². The number of nitro groups is 1. The summed E-state index contributed by atoms with van der Waals surface area (Å²) in [6.07, 6.45) is 0. The van der Waals surface area contributed by atoms with Gasteiger partial charge >= 0.3 is 0 Å². The number of amides is 1. The van der Waals surface area contributed by atoms with Crippen LogP contribution >= 0.6 is 0 Å². The van der Waals surface area contributed by atoms with Crippen molar-refractivity contribution in [3.05, 3.63) is 63.7 Å². The fraction of sp³-hybridized carbons (Fsp3) is 0.263. The molecule has 28 heavy (non-hydrogen) atoms. The zero-order valence-electron chi connectivity index (χ0n) is 15.8. The number of nitrogens with one attached hydrogen (secondary N) is 1. The maximum absolute atomic E-state index is 12.3. The fourth-order valence-corrected chi connectivity index (χ4v) is 2.62. The largest absolute Gasteiger partial charge is 0.324 e. The molecule has 3 rings (SSSR count). The number of aromatic nitrogens is 4. The molecule has 144 valence electrons. The third kappa shape index (κ3) is 4.37. The van der Waals surface area contributed by atoms with E-state index in [0.717, 1.165) is 11.1 Å². The van der Waals surface area contributed by atoms with Gasteiger partial charge in [-0.2, -0.15) is 4.80 Å². The van der Waals surface area contributed by atoms with Gasteiger partial charge in [-0.15, -0.1) is 10.2 Å². The maximum atomic E-state index is 12.3. The Kier molecular flexibility index (Phi) is 5.44. The van der Waals surface area contributed by atoms with E-state index >= 15 is 0 Å². The van der Waals surface area contributed by atoms with E-state index in [2.05, 4.69) is 34.6 Å². The van der Waals surface area contributed by atoms with Gasteiger partial charge in [0.2, 0.25) is 11.7 Å². The van der Waals surface area contributed by atoms with Crippen molar-refractivity contribution in [3.63, 3.8) is 0 Å². The van der Waals surface area contributed by atoms with Gasteiger partial charge in [-0.1, -0.05) is 44.2 Å². The highest BCUT2D eigenvalue weighted by Gasteiger charge is 2.13. The van der Waals surface area contributed by atoms with Gasteiger partial charge in [0, 0.05) is 17.7 Å². The van der Waals surface area contributed by atoms with Gasteiger partial charge in [0.15, 0.2) is 0 Å². The van der Waals surface area contributed by atoms with E-state index < -0.39 is 10.8 Å². The Bertz CT molecular complexity index is 1010. The third-order valence-electron chi connectivity index (χ3n) is 4.28. The van der Waals surface area contributed by atoms with Gasteiger partial charge in [0.25, 0.3) is 5.69 Å². The number of aryl methyl sites for hydroxylation is 1. The molecule has 0 aliphatic carbocycles. The van der Waals surface area contributed by atoms with Crippen LogP contribution in [0.15, 0.2) is 42.5 Å². The quantitative estimate of drug-likeness (QED) is 0.518. The lowest BCUT2D eigenvalue weighted by Crippen LogP contribution is -2.21. The maximum Gasteiger partial charge on any atom is 0.271 e. The second-order valence-corrected chi connectivity index (χ2v) is 6.72. The molecular formula is C19H20N6O3. The Balaban J connectivity index is 1.69. The molecule has 0 bridgehead atoms. The standard InChI is InChI=1S/C19H20N6O3/c1-12(2)14-5-7-15(8-6-14)19-21-23-24(22-19)11-18(26)20-17-10-16(25(27)28)9-4-13(17)3/h4-10,12H,11H2,1-3H3,(H,20,26). The number of carbonyl (C=O) groups is 1. The highest BCUT2D eigenvalue weighted by Crippen LogP contribution is 2.22. The minimum Gasteiger partial charge on any atom is -0.324 e. The summed E-state index contributed by atoms with van der Waals surface area (Å²) in [6.45, 7) is 5.83. The zero-order chi connectivity index (χ0) is 20.3. The number of hydrogen-bond donors (Lipinski definition) is 1. The van der Waals surface area contributed by atoms with Crippen LogP contribution in [-0.4, -0.2) is 31.0 Å². The van der Waals surface area contributed by atoms with Crippen LogP contribution in [0, 0.1) is 17.0 Å². The molecule has 0 saturated carbocycles. The van der Waals surface area contributed by atoms with Crippen molar-refractivity contribution in [2.24, 2.45) is 0 Å². The normalized spacial score (nSPS) is 10.9. The summed E-state index contributed by atoms with van der Waals surface area (Å²) in [5, 5.41) is 25.7. The number of hydrogen-bond acceptors (Lipinski definition) is 6. The van der Waals surface area contributed by atoms with Crippen molar-refractivity contribution in [2.75, 3.05) is 5.32 Å². The fourth-order valence-electron chi connectivity index (χ4n) is 2.62. The molecule has 1 heterocycles. The number of benzene rings is 2. The molecule has 0 aliphatic heterocycles. The topological polar surface area (TPSA) is 116 Å². The predicted octanol–water partition coefficient (Wildman–Crippen LogP) is 3.32. The summed E-state index contributed by atoms with van der Waals surface area (Å²) in [4.78, 5) is 23.8. The highest BCUT2D eigenvalue weighted by molar-refractivity contribution is 5.91. The van der Waals surface area contributed by atoms with Gasteiger partial charge in [0.1, 0.15) is 6.54 Å². The Hall–Kier alpha value is -3.62. The number of non-ortho nitro benzene ring substituents is 1.